The van der Waals surface area contributed by atoms with Gasteiger partial charge < -0.3 is 19.9 Å². The third-order valence-electron chi connectivity index (χ3n) is 4.93. The van der Waals surface area contributed by atoms with Gasteiger partial charge in [-0.25, -0.2) is 8.42 Å². The minimum atomic E-state index is -3.65. The highest BCUT2D eigenvalue weighted by atomic mass is 32.2. The summed E-state index contributed by atoms with van der Waals surface area (Å²) in [5, 5.41) is 2.80. The smallest absolute Gasteiger partial charge is 0.270 e. The fourth-order valence-corrected chi connectivity index (χ4v) is 4.85. The summed E-state index contributed by atoms with van der Waals surface area (Å²) in [6.07, 6.45) is 2.84. The number of carbonyl (C=O) groups excluding carboxylic acids is 2. The molecule has 1 aromatic rings. The molecule has 0 spiro atoms. The number of hydrogen-bond acceptors (Lipinski definition) is 5. The van der Waals surface area contributed by atoms with Gasteiger partial charge in [0.05, 0.1) is 19.1 Å². The molecule has 9 nitrogen and oxygen atoms in total. The van der Waals surface area contributed by atoms with Crippen LogP contribution < -0.4 is 5.32 Å². The van der Waals surface area contributed by atoms with Crippen molar-refractivity contribution in [1.82, 2.24) is 19.5 Å². The van der Waals surface area contributed by atoms with Crippen molar-refractivity contribution in [2.75, 3.05) is 45.9 Å². The van der Waals surface area contributed by atoms with Gasteiger partial charge in [-0.05, 0) is 25.8 Å². The van der Waals surface area contributed by atoms with Crippen LogP contribution in [0.25, 0.3) is 0 Å². The number of aromatic amines is 1. The summed E-state index contributed by atoms with van der Waals surface area (Å²) >= 11 is 0. The van der Waals surface area contributed by atoms with E-state index < -0.39 is 10.0 Å². The van der Waals surface area contributed by atoms with Gasteiger partial charge in [0.15, 0.2) is 0 Å². The number of aromatic nitrogens is 1. The second-order valence-corrected chi connectivity index (χ2v) is 8.69. The maximum Gasteiger partial charge on any atom is 0.270 e. The second kappa shape index (κ2) is 8.41. The molecule has 1 aromatic heterocycles. The fraction of sp³-hybridized carbons (Fsp3) is 0.647. The SMILES string of the molecule is CCNC(=O)C1CCCN(C(=O)c2cc(S(=O)(=O)N3CCOCC3)c[nH]2)C1. The van der Waals surface area contributed by atoms with E-state index >= 15 is 0 Å². The summed E-state index contributed by atoms with van der Waals surface area (Å²) < 4.78 is 31.9. The lowest BCUT2D eigenvalue weighted by molar-refractivity contribution is -0.126. The van der Waals surface area contributed by atoms with E-state index in [2.05, 4.69) is 10.3 Å². The van der Waals surface area contributed by atoms with Gasteiger partial charge in [0.1, 0.15) is 10.6 Å². The van der Waals surface area contributed by atoms with E-state index in [1.807, 2.05) is 6.92 Å². The van der Waals surface area contributed by atoms with Crippen LogP contribution in [0.2, 0.25) is 0 Å². The van der Waals surface area contributed by atoms with Gasteiger partial charge in [-0.15, -0.1) is 0 Å². The normalized spacial score (nSPS) is 21.8. The van der Waals surface area contributed by atoms with E-state index in [-0.39, 0.29) is 28.3 Å². The minimum Gasteiger partial charge on any atom is -0.379 e. The van der Waals surface area contributed by atoms with Crippen molar-refractivity contribution in [3.63, 3.8) is 0 Å². The summed E-state index contributed by atoms with van der Waals surface area (Å²) in [4.78, 5) is 29.3. The van der Waals surface area contributed by atoms with Crippen molar-refractivity contribution in [3.8, 4) is 0 Å². The van der Waals surface area contributed by atoms with Crippen LogP contribution in [0.1, 0.15) is 30.3 Å². The molecule has 3 rings (SSSR count). The lowest BCUT2D eigenvalue weighted by Gasteiger charge is -2.31. The third kappa shape index (κ3) is 4.33. The highest BCUT2D eigenvalue weighted by Crippen LogP contribution is 2.22. The second-order valence-electron chi connectivity index (χ2n) is 6.75. The fourth-order valence-electron chi connectivity index (χ4n) is 3.45. The molecule has 2 aliphatic heterocycles. The summed E-state index contributed by atoms with van der Waals surface area (Å²) in [5.41, 5.74) is 0.221. The first-order chi connectivity index (χ1) is 12.9. The first-order valence-electron chi connectivity index (χ1n) is 9.26. The molecule has 0 saturated carbocycles. The van der Waals surface area contributed by atoms with Crippen LogP contribution >= 0.6 is 0 Å². The van der Waals surface area contributed by atoms with Crippen LogP contribution in [0.5, 0.6) is 0 Å². The summed E-state index contributed by atoms with van der Waals surface area (Å²) in [6, 6.07) is 1.38. The zero-order valence-electron chi connectivity index (χ0n) is 15.4. The van der Waals surface area contributed by atoms with Gasteiger partial charge >= 0.3 is 0 Å². The Balaban J connectivity index is 1.70. The quantitative estimate of drug-likeness (QED) is 0.726. The number of piperidine rings is 1. The van der Waals surface area contributed by atoms with Crippen molar-refractivity contribution in [2.24, 2.45) is 5.92 Å². The molecule has 2 fully saturated rings. The number of likely N-dealkylation sites (tertiary alicyclic amines) is 1. The number of hydrogen-bond donors (Lipinski definition) is 2. The van der Waals surface area contributed by atoms with Crippen LogP contribution in [0, 0.1) is 5.92 Å². The van der Waals surface area contributed by atoms with Gasteiger partial charge in [-0.2, -0.15) is 4.31 Å². The number of carbonyl (C=O) groups is 2. The van der Waals surface area contributed by atoms with E-state index in [1.165, 1.54) is 16.6 Å². The molecule has 0 aromatic carbocycles. The largest absolute Gasteiger partial charge is 0.379 e. The van der Waals surface area contributed by atoms with Crippen molar-refractivity contribution >= 4 is 21.8 Å². The molecule has 10 heteroatoms. The lowest BCUT2D eigenvalue weighted by Crippen LogP contribution is -2.45. The maximum atomic E-state index is 12.8. The molecule has 150 valence electrons. The number of ether oxygens (including phenoxy) is 1. The number of H-pyrrole nitrogens is 1. The van der Waals surface area contributed by atoms with Crippen LogP contribution in [0.3, 0.4) is 0 Å². The highest BCUT2D eigenvalue weighted by molar-refractivity contribution is 7.89. The number of sulfonamides is 1. The Morgan fingerprint density at radius 1 is 1.30 bits per heavy atom. The van der Waals surface area contributed by atoms with E-state index in [0.29, 0.717) is 45.9 Å². The standard InChI is InChI=1S/C17H26N4O5S/c1-2-18-16(22)13-4-3-5-20(12-13)17(23)15-10-14(11-19-15)27(24,25)21-6-8-26-9-7-21/h10-11,13,19H,2-9,12H2,1H3,(H,18,22). The molecular formula is C17H26N4O5S. The third-order valence-corrected chi connectivity index (χ3v) is 6.80. The molecule has 27 heavy (non-hydrogen) atoms. The Kier molecular flexibility index (Phi) is 6.18. The predicted molar refractivity (Wildman–Crippen MR) is 97.7 cm³/mol. The molecule has 1 atom stereocenters. The topological polar surface area (TPSA) is 112 Å². The van der Waals surface area contributed by atoms with E-state index in [4.69, 9.17) is 4.74 Å². The number of morpholine rings is 1. The molecule has 3 heterocycles. The monoisotopic (exact) mass is 398 g/mol. The van der Waals surface area contributed by atoms with E-state index in [9.17, 15) is 18.0 Å². The molecule has 2 N–H and O–H groups in total. The number of rotatable bonds is 5. The highest BCUT2D eigenvalue weighted by Gasteiger charge is 2.31. The molecule has 0 radical (unpaired) electrons. The average Bonchev–Trinajstić information content (AvgIpc) is 3.19. The molecule has 0 aliphatic carbocycles. The van der Waals surface area contributed by atoms with Gasteiger partial charge in [0.2, 0.25) is 15.9 Å². The Bertz CT molecular complexity index is 785. The summed E-state index contributed by atoms with van der Waals surface area (Å²) in [6.45, 7) is 4.65. The zero-order valence-corrected chi connectivity index (χ0v) is 16.3. The predicted octanol–water partition coefficient (Wildman–Crippen LogP) is 0.0239. The zero-order chi connectivity index (χ0) is 19.4. The Morgan fingerprint density at radius 3 is 2.74 bits per heavy atom. The Labute approximate surface area is 159 Å². The first-order valence-corrected chi connectivity index (χ1v) is 10.7. The van der Waals surface area contributed by atoms with Gasteiger partial charge in [0, 0.05) is 38.9 Å². The van der Waals surface area contributed by atoms with Gasteiger partial charge in [-0.1, -0.05) is 0 Å². The van der Waals surface area contributed by atoms with Crippen LogP contribution in [-0.4, -0.2) is 80.4 Å². The van der Waals surface area contributed by atoms with Crippen LogP contribution in [0.15, 0.2) is 17.2 Å². The number of amides is 2. The van der Waals surface area contributed by atoms with Crippen molar-refractivity contribution in [2.45, 2.75) is 24.7 Å². The molecular weight excluding hydrogens is 372 g/mol. The van der Waals surface area contributed by atoms with E-state index in [0.717, 1.165) is 12.8 Å². The number of nitrogens with zero attached hydrogens (tertiary/aromatic N) is 2. The molecule has 0 bridgehead atoms. The van der Waals surface area contributed by atoms with Crippen molar-refractivity contribution in [3.05, 3.63) is 18.0 Å². The minimum absolute atomic E-state index is 0.0444. The summed E-state index contributed by atoms with van der Waals surface area (Å²) in [7, 11) is -3.65. The Hall–Kier alpha value is -1.91. The number of nitrogens with one attached hydrogen (secondary N) is 2. The molecule has 2 saturated heterocycles. The maximum absolute atomic E-state index is 12.8. The first kappa shape index (κ1) is 19.8. The Morgan fingerprint density at radius 2 is 2.04 bits per heavy atom. The lowest BCUT2D eigenvalue weighted by atomic mass is 9.97. The molecule has 2 amide bonds. The van der Waals surface area contributed by atoms with E-state index in [1.54, 1.807) is 4.90 Å². The average molecular weight is 398 g/mol. The van der Waals surface area contributed by atoms with Crippen molar-refractivity contribution in [1.29, 1.82) is 0 Å². The van der Waals surface area contributed by atoms with Crippen molar-refractivity contribution < 1.29 is 22.7 Å². The molecule has 1 unspecified atom stereocenters. The van der Waals surface area contributed by atoms with Gasteiger partial charge in [0.25, 0.3) is 5.91 Å². The summed E-state index contributed by atoms with van der Waals surface area (Å²) in [5.74, 6) is -0.557. The van der Waals surface area contributed by atoms with Gasteiger partial charge in [-0.3, -0.25) is 9.59 Å². The van der Waals surface area contributed by atoms with Crippen LogP contribution in [0.4, 0.5) is 0 Å². The van der Waals surface area contributed by atoms with Crippen LogP contribution in [-0.2, 0) is 19.6 Å². The molecule has 2 aliphatic rings.